The summed E-state index contributed by atoms with van der Waals surface area (Å²) in [4.78, 5) is 12.5. The monoisotopic (exact) mass is 506 g/mol. The molecule has 1 amide bonds. The van der Waals surface area contributed by atoms with Gasteiger partial charge in [-0.2, -0.15) is 0 Å². The molecule has 0 spiro atoms. The Morgan fingerprint density at radius 1 is 0.892 bits per heavy atom. The van der Waals surface area contributed by atoms with E-state index in [9.17, 15) is 20.1 Å². The SMILES string of the molecule is O=C([O-])N1CC(O)C(c2ccc(OCCCOCc3ccccc3)cc2)C(OCc2ccc(O)cc2)C1. The molecule has 0 aliphatic carbocycles. The highest BCUT2D eigenvalue weighted by molar-refractivity contribution is 5.63. The van der Waals surface area contributed by atoms with E-state index in [1.807, 2.05) is 54.6 Å². The number of aliphatic hydroxyl groups is 1. The summed E-state index contributed by atoms with van der Waals surface area (Å²) in [6.07, 6.45) is -2.12. The minimum absolute atomic E-state index is 0.0483. The number of ether oxygens (including phenoxy) is 3. The van der Waals surface area contributed by atoms with Crippen LogP contribution in [0, 0.1) is 0 Å². The highest BCUT2D eigenvalue weighted by Crippen LogP contribution is 2.32. The minimum Gasteiger partial charge on any atom is -0.530 e. The van der Waals surface area contributed by atoms with Gasteiger partial charge in [-0.05, 0) is 41.0 Å². The maximum absolute atomic E-state index is 11.5. The molecule has 8 nitrogen and oxygen atoms in total. The summed E-state index contributed by atoms with van der Waals surface area (Å²) < 4.78 is 17.6. The molecule has 1 fully saturated rings. The lowest BCUT2D eigenvalue weighted by molar-refractivity contribution is -0.270. The molecule has 1 aliphatic heterocycles. The number of carboxylic acid groups (broad SMARTS) is 1. The molecule has 1 aliphatic rings. The van der Waals surface area contributed by atoms with E-state index in [-0.39, 0.29) is 25.4 Å². The molecule has 3 aromatic carbocycles. The highest BCUT2D eigenvalue weighted by Gasteiger charge is 2.38. The average molecular weight is 507 g/mol. The number of aliphatic hydroxyl groups excluding tert-OH is 1. The first kappa shape index (κ1) is 26.5. The number of hydrogen-bond acceptors (Lipinski definition) is 7. The van der Waals surface area contributed by atoms with Crippen LogP contribution in [-0.4, -0.2) is 59.7 Å². The van der Waals surface area contributed by atoms with E-state index in [1.54, 1.807) is 24.3 Å². The van der Waals surface area contributed by atoms with Crippen LogP contribution < -0.4 is 9.84 Å². The molecule has 0 radical (unpaired) electrons. The lowest BCUT2D eigenvalue weighted by atomic mass is 9.84. The Morgan fingerprint density at radius 2 is 1.59 bits per heavy atom. The Morgan fingerprint density at radius 3 is 2.30 bits per heavy atom. The van der Waals surface area contributed by atoms with Crippen molar-refractivity contribution in [2.24, 2.45) is 0 Å². The van der Waals surface area contributed by atoms with Crippen molar-refractivity contribution < 1.29 is 34.3 Å². The van der Waals surface area contributed by atoms with Crippen LogP contribution in [0.25, 0.3) is 0 Å². The molecule has 1 heterocycles. The van der Waals surface area contributed by atoms with Gasteiger partial charge in [0.25, 0.3) is 0 Å². The lowest BCUT2D eigenvalue weighted by Crippen LogP contribution is -2.56. The number of amides is 1. The number of phenols is 1. The summed E-state index contributed by atoms with van der Waals surface area (Å²) in [5, 5.41) is 31.8. The van der Waals surface area contributed by atoms with Crippen LogP contribution in [0.15, 0.2) is 78.9 Å². The standard InChI is InChI=1S/C29H33NO7/c31-24-11-7-22(8-12-24)20-37-27-18-30(29(33)34)17-26(32)28(27)23-9-13-25(14-10-23)36-16-4-15-35-19-21-5-2-1-3-6-21/h1-3,5-14,26-28,31-32H,4,15-20H2,(H,33,34)/p-1. The Balaban J connectivity index is 1.31. The predicted octanol–water partition coefficient (Wildman–Crippen LogP) is 3.07. The van der Waals surface area contributed by atoms with Gasteiger partial charge < -0.3 is 39.2 Å². The normalized spacial score (nSPS) is 19.5. The lowest BCUT2D eigenvalue weighted by Gasteiger charge is -2.43. The van der Waals surface area contributed by atoms with Crippen LogP contribution in [0.2, 0.25) is 0 Å². The molecular formula is C29H32NO7-. The van der Waals surface area contributed by atoms with Gasteiger partial charge in [-0.3, -0.25) is 0 Å². The number of nitrogens with zero attached hydrogens (tertiary/aromatic N) is 1. The Kier molecular flexibility index (Phi) is 9.37. The van der Waals surface area contributed by atoms with Gasteiger partial charge in [0.05, 0.1) is 38.6 Å². The van der Waals surface area contributed by atoms with Crippen LogP contribution in [0.1, 0.15) is 29.0 Å². The van der Waals surface area contributed by atoms with E-state index in [2.05, 4.69) is 0 Å². The minimum atomic E-state index is -1.34. The predicted molar refractivity (Wildman–Crippen MR) is 135 cm³/mol. The van der Waals surface area contributed by atoms with Crippen LogP contribution in [-0.2, 0) is 22.7 Å². The molecule has 0 aromatic heterocycles. The summed E-state index contributed by atoms with van der Waals surface area (Å²) in [5.41, 5.74) is 2.80. The first-order chi connectivity index (χ1) is 18.0. The van der Waals surface area contributed by atoms with Gasteiger partial charge in [-0.25, -0.2) is 0 Å². The fourth-order valence-corrected chi connectivity index (χ4v) is 4.43. The number of likely N-dealkylation sites (tertiary alicyclic amines) is 1. The summed E-state index contributed by atoms with van der Waals surface area (Å²) >= 11 is 0. The van der Waals surface area contributed by atoms with Crippen molar-refractivity contribution in [1.82, 2.24) is 4.90 Å². The summed E-state index contributed by atoms with van der Waals surface area (Å²) in [6.45, 7) is 1.93. The number of phenolic OH excluding ortho intramolecular Hbond substituents is 1. The van der Waals surface area contributed by atoms with Crippen molar-refractivity contribution in [1.29, 1.82) is 0 Å². The Labute approximate surface area is 216 Å². The third-order valence-electron chi connectivity index (χ3n) is 6.36. The number of carbonyl (C=O) groups is 1. The van der Waals surface area contributed by atoms with Crippen molar-refractivity contribution in [3.05, 3.63) is 95.6 Å². The second-order valence-corrected chi connectivity index (χ2v) is 9.09. The van der Waals surface area contributed by atoms with Crippen LogP contribution in [0.3, 0.4) is 0 Å². The van der Waals surface area contributed by atoms with Gasteiger partial charge in [0.15, 0.2) is 0 Å². The quantitative estimate of drug-likeness (QED) is 0.385. The molecular weight excluding hydrogens is 474 g/mol. The van der Waals surface area contributed by atoms with E-state index >= 15 is 0 Å². The fourth-order valence-electron chi connectivity index (χ4n) is 4.43. The highest BCUT2D eigenvalue weighted by atomic mass is 16.5. The second kappa shape index (κ2) is 13.1. The van der Waals surface area contributed by atoms with E-state index in [0.29, 0.717) is 25.6 Å². The molecule has 1 saturated heterocycles. The molecule has 3 aromatic rings. The molecule has 37 heavy (non-hydrogen) atoms. The summed E-state index contributed by atoms with van der Waals surface area (Å²) in [5.74, 6) is 0.433. The Hall–Kier alpha value is -3.59. The second-order valence-electron chi connectivity index (χ2n) is 9.09. The fraction of sp³-hybridized carbons (Fsp3) is 0.345. The number of β-amino-alcohol motifs (C(OH)–C–C–N with tert-alkyl or cyclic N) is 1. The zero-order valence-electron chi connectivity index (χ0n) is 20.6. The van der Waals surface area contributed by atoms with E-state index in [1.165, 1.54) is 0 Å². The van der Waals surface area contributed by atoms with Crippen molar-refractivity contribution in [3.8, 4) is 11.5 Å². The van der Waals surface area contributed by atoms with Crippen LogP contribution >= 0.6 is 0 Å². The van der Waals surface area contributed by atoms with Gasteiger partial charge in [-0.1, -0.05) is 54.6 Å². The van der Waals surface area contributed by atoms with Crippen LogP contribution in [0.5, 0.6) is 11.5 Å². The van der Waals surface area contributed by atoms with E-state index < -0.39 is 24.2 Å². The van der Waals surface area contributed by atoms with Gasteiger partial charge in [0.1, 0.15) is 17.6 Å². The van der Waals surface area contributed by atoms with Gasteiger partial charge in [0.2, 0.25) is 0 Å². The van der Waals surface area contributed by atoms with Crippen molar-refractivity contribution in [2.45, 2.75) is 37.8 Å². The van der Waals surface area contributed by atoms with Crippen molar-refractivity contribution in [3.63, 3.8) is 0 Å². The maximum Gasteiger partial charge on any atom is 0.137 e. The first-order valence-electron chi connectivity index (χ1n) is 12.4. The number of hydrogen-bond donors (Lipinski definition) is 2. The third kappa shape index (κ3) is 7.69. The van der Waals surface area contributed by atoms with Crippen molar-refractivity contribution in [2.75, 3.05) is 26.3 Å². The molecule has 8 heteroatoms. The largest absolute Gasteiger partial charge is 0.530 e. The zero-order valence-corrected chi connectivity index (χ0v) is 20.6. The molecule has 0 bridgehead atoms. The van der Waals surface area contributed by atoms with E-state index in [0.717, 1.165) is 28.0 Å². The van der Waals surface area contributed by atoms with Gasteiger partial charge in [-0.15, -0.1) is 0 Å². The topological polar surface area (TPSA) is 112 Å². The third-order valence-corrected chi connectivity index (χ3v) is 6.36. The molecule has 2 N–H and O–H groups in total. The summed E-state index contributed by atoms with van der Waals surface area (Å²) in [7, 11) is 0. The number of rotatable bonds is 11. The number of piperidine rings is 1. The van der Waals surface area contributed by atoms with Crippen molar-refractivity contribution >= 4 is 6.09 Å². The smallest absolute Gasteiger partial charge is 0.137 e. The van der Waals surface area contributed by atoms with Gasteiger partial charge >= 0.3 is 0 Å². The molecule has 196 valence electrons. The zero-order chi connectivity index (χ0) is 26.0. The maximum atomic E-state index is 11.5. The molecule has 3 atom stereocenters. The number of carbonyl (C=O) groups excluding carboxylic acids is 1. The molecule has 3 unspecified atom stereocenters. The number of aromatic hydroxyl groups is 1. The first-order valence-corrected chi connectivity index (χ1v) is 12.4. The van der Waals surface area contributed by atoms with Gasteiger partial charge in [0, 0.05) is 25.4 Å². The van der Waals surface area contributed by atoms with Crippen LogP contribution in [0.4, 0.5) is 4.79 Å². The van der Waals surface area contributed by atoms with E-state index in [4.69, 9.17) is 14.2 Å². The molecule has 0 saturated carbocycles. The molecule has 4 rings (SSSR count). The Bertz CT molecular complexity index is 1110. The summed E-state index contributed by atoms with van der Waals surface area (Å²) in [6, 6.07) is 24.0. The number of benzene rings is 3. The average Bonchev–Trinajstić information content (AvgIpc) is 2.91.